The first kappa shape index (κ1) is 13.8. The number of rotatable bonds is 4. The highest BCUT2D eigenvalue weighted by Crippen LogP contribution is 2.17. The fourth-order valence-electron chi connectivity index (χ4n) is 1.67. The van der Waals surface area contributed by atoms with Gasteiger partial charge in [-0.15, -0.1) is 0 Å². The Morgan fingerprint density at radius 1 is 1.40 bits per heavy atom. The first-order chi connectivity index (χ1) is 9.65. The highest BCUT2D eigenvalue weighted by molar-refractivity contribution is 5.90. The monoisotopic (exact) mass is 274 g/mol. The highest BCUT2D eigenvalue weighted by Gasteiger charge is 2.15. The highest BCUT2D eigenvalue weighted by atomic mass is 16.5. The Morgan fingerprint density at radius 3 is 2.80 bits per heavy atom. The van der Waals surface area contributed by atoms with Crippen LogP contribution < -0.4 is 9.47 Å². The Labute approximate surface area is 116 Å². The molecule has 0 aromatic carbocycles. The van der Waals surface area contributed by atoms with Crippen LogP contribution in [0.25, 0.3) is 11.4 Å². The van der Waals surface area contributed by atoms with Gasteiger partial charge in [-0.2, -0.15) is 4.73 Å². The van der Waals surface area contributed by atoms with Crippen molar-refractivity contribution < 1.29 is 19.0 Å². The summed E-state index contributed by atoms with van der Waals surface area (Å²) in [7, 11) is 1.53. The third kappa shape index (κ3) is 2.85. The van der Waals surface area contributed by atoms with E-state index in [2.05, 4.69) is 4.98 Å². The minimum atomic E-state index is -0.470. The topological polar surface area (TPSA) is 75.4 Å². The fraction of sp³-hybridized carbons (Fsp3) is 0.214. The van der Waals surface area contributed by atoms with Crippen LogP contribution in [-0.4, -0.2) is 24.7 Å². The van der Waals surface area contributed by atoms with Crippen LogP contribution in [0.3, 0.4) is 0 Å². The van der Waals surface area contributed by atoms with E-state index in [1.807, 2.05) is 0 Å². The van der Waals surface area contributed by atoms with Crippen molar-refractivity contribution in [3.63, 3.8) is 0 Å². The molecule has 0 radical (unpaired) electrons. The number of esters is 1. The molecule has 6 heteroatoms. The van der Waals surface area contributed by atoms with Crippen molar-refractivity contribution >= 4 is 5.97 Å². The van der Waals surface area contributed by atoms with Crippen molar-refractivity contribution in [1.82, 2.24) is 4.98 Å². The number of aromatic nitrogens is 2. The van der Waals surface area contributed by atoms with Crippen LogP contribution in [0.15, 0.2) is 36.7 Å². The lowest BCUT2D eigenvalue weighted by Gasteiger charge is -2.07. The van der Waals surface area contributed by atoms with E-state index in [1.54, 1.807) is 19.1 Å². The van der Waals surface area contributed by atoms with Crippen LogP contribution in [0, 0.1) is 5.21 Å². The van der Waals surface area contributed by atoms with Gasteiger partial charge in [0.15, 0.2) is 6.20 Å². The number of pyridine rings is 2. The van der Waals surface area contributed by atoms with Crippen LogP contribution in [0.4, 0.5) is 0 Å². The zero-order valence-electron chi connectivity index (χ0n) is 11.2. The van der Waals surface area contributed by atoms with Gasteiger partial charge in [0.1, 0.15) is 11.4 Å². The molecule has 0 aliphatic rings. The van der Waals surface area contributed by atoms with Crippen LogP contribution in [0.1, 0.15) is 17.3 Å². The SMILES string of the molecule is CCOC(=O)c1cc[n+]([O-])c(-c2ccc(OC)cn2)c1. The van der Waals surface area contributed by atoms with Gasteiger partial charge in [-0.25, -0.2) is 9.78 Å². The van der Waals surface area contributed by atoms with E-state index in [4.69, 9.17) is 9.47 Å². The molecule has 0 saturated heterocycles. The molecule has 2 aromatic heterocycles. The summed E-state index contributed by atoms with van der Waals surface area (Å²) in [5, 5.41) is 11.8. The molecule has 0 aliphatic carbocycles. The van der Waals surface area contributed by atoms with Gasteiger partial charge in [0, 0.05) is 12.1 Å². The van der Waals surface area contributed by atoms with Gasteiger partial charge in [0.2, 0.25) is 5.69 Å². The zero-order valence-corrected chi connectivity index (χ0v) is 11.2. The Balaban J connectivity index is 2.39. The molecule has 20 heavy (non-hydrogen) atoms. The number of carbonyl (C=O) groups excluding carboxylic acids is 1. The van der Waals surface area contributed by atoms with Crippen LogP contribution >= 0.6 is 0 Å². The predicted octanol–water partition coefficient (Wildman–Crippen LogP) is 1.57. The standard InChI is InChI=1S/C14H14N2O4/c1-3-20-14(17)10-6-7-16(18)13(8-10)12-5-4-11(19-2)9-15-12/h4-9H,3H2,1-2H3. The summed E-state index contributed by atoms with van der Waals surface area (Å²) in [6.45, 7) is 2.00. The van der Waals surface area contributed by atoms with Gasteiger partial charge in [-0.3, -0.25) is 0 Å². The summed E-state index contributed by atoms with van der Waals surface area (Å²) < 4.78 is 10.6. The normalized spacial score (nSPS) is 10.1. The molecule has 6 nitrogen and oxygen atoms in total. The smallest absolute Gasteiger partial charge is 0.338 e. The Morgan fingerprint density at radius 2 is 2.20 bits per heavy atom. The maximum absolute atomic E-state index is 11.8. The Hall–Kier alpha value is -2.63. The van der Waals surface area contributed by atoms with E-state index in [1.165, 1.54) is 31.6 Å². The summed E-state index contributed by atoms with van der Waals surface area (Å²) in [5.41, 5.74) is 1.04. The van der Waals surface area contributed by atoms with Gasteiger partial charge in [-0.1, -0.05) is 0 Å². The fourth-order valence-corrected chi connectivity index (χ4v) is 1.67. The van der Waals surface area contributed by atoms with Gasteiger partial charge >= 0.3 is 5.97 Å². The third-order valence-corrected chi connectivity index (χ3v) is 2.66. The van der Waals surface area contributed by atoms with E-state index in [0.29, 0.717) is 21.7 Å². The average molecular weight is 274 g/mol. The molecule has 0 spiro atoms. The van der Waals surface area contributed by atoms with Crippen molar-refractivity contribution in [3.8, 4) is 17.1 Å². The van der Waals surface area contributed by atoms with E-state index in [-0.39, 0.29) is 12.3 Å². The number of methoxy groups -OCH3 is 1. The summed E-state index contributed by atoms with van der Waals surface area (Å²) in [6.07, 6.45) is 2.76. The number of hydrogen-bond acceptors (Lipinski definition) is 5. The molecule has 0 amide bonds. The zero-order chi connectivity index (χ0) is 14.5. The number of nitrogens with zero attached hydrogens (tertiary/aromatic N) is 2. The second-order valence-electron chi connectivity index (χ2n) is 3.93. The van der Waals surface area contributed by atoms with E-state index in [0.717, 1.165) is 0 Å². The van der Waals surface area contributed by atoms with Crippen LogP contribution in [0.5, 0.6) is 5.75 Å². The maximum atomic E-state index is 11.8. The van der Waals surface area contributed by atoms with Gasteiger partial charge < -0.3 is 14.7 Å². The second kappa shape index (κ2) is 6.01. The molecular formula is C14H14N2O4. The second-order valence-corrected chi connectivity index (χ2v) is 3.93. The van der Waals surface area contributed by atoms with Crippen molar-refractivity contribution in [3.05, 3.63) is 47.4 Å². The van der Waals surface area contributed by atoms with E-state index >= 15 is 0 Å². The van der Waals surface area contributed by atoms with Gasteiger partial charge in [0.25, 0.3) is 0 Å². The molecule has 0 fully saturated rings. The maximum Gasteiger partial charge on any atom is 0.338 e. The van der Waals surface area contributed by atoms with Crippen molar-refractivity contribution in [1.29, 1.82) is 0 Å². The lowest BCUT2D eigenvalue weighted by molar-refractivity contribution is -0.593. The molecule has 0 N–H and O–H groups in total. The summed E-state index contributed by atoms with van der Waals surface area (Å²) >= 11 is 0. The molecule has 0 bridgehead atoms. The molecule has 2 rings (SSSR count). The lowest BCUT2D eigenvalue weighted by Crippen LogP contribution is -2.29. The van der Waals surface area contributed by atoms with E-state index < -0.39 is 5.97 Å². The molecule has 0 saturated carbocycles. The van der Waals surface area contributed by atoms with Gasteiger partial charge in [-0.05, 0) is 19.1 Å². The Bertz CT molecular complexity index is 611. The molecule has 0 aliphatic heterocycles. The minimum absolute atomic E-state index is 0.276. The Kier molecular flexibility index (Phi) is 4.14. The molecule has 2 aromatic rings. The summed E-state index contributed by atoms with van der Waals surface area (Å²) in [6, 6.07) is 6.22. The van der Waals surface area contributed by atoms with Crippen molar-refractivity contribution in [2.24, 2.45) is 0 Å². The van der Waals surface area contributed by atoms with E-state index in [9.17, 15) is 10.0 Å². The molecule has 0 unspecified atom stereocenters. The van der Waals surface area contributed by atoms with Crippen molar-refractivity contribution in [2.75, 3.05) is 13.7 Å². The predicted molar refractivity (Wildman–Crippen MR) is 71.1 cm³/mol. The number of carbonyl (C=O) groups is 1. The largest absolute Gasteiger partial charge is 0.618 e. The number of hydrogen-bond donors (Lipinski definition) is 0. The lowest BCUT2D eigenvalue weighted by atomic mass is 10.2. The molecule has 0 atom stereocenters. The van der Waals surface area contributed by atoms with Crippen LogP contribution in [-0.2, 0) is 4.74 Å². The summed E-state index contributed by atoms with van der Waals surface area (Å²) in [5.74, 6) is 0.121. The molecular weight excluding hydrogens is 260 g/mol. The minimum Gasteiger partial charge on any atom is -0.618 e. The first-order valence-electron chi connectivity index (χ1n) is 6.06. The van der Waals surface area contributed by atoms with Crippen LogP contribution in [0.2, 0.25) is 0 Å². The van der Waals surface area contributed by atoms with Crippen molar-refractivity contribution in [2.45, 2.75) is 6.92 Å². The first-order valence-corrected chi connectivity index (χ1v) is 6.06. The average Bonchev–Trinajstić information content (AvgIpc) is 2.48. The van der Waals surface area contributed by atoms with Gasteiger partial charge in [0.05, 0.1) is 25.5 Å². The number of ether oxygens (including phenoxy) is 2. The third-order valence-electron chi connectivity index (χ3n) is 2.66. The molecule has 104 valence electrons. The quantitative estimate of drug-likeness (QED) is 0.480. The summed E-state index contributed by atoms with van der Waals surface area (Å²) in [4.78, 5) is 15.8. The molecule has 2 heterocycles.